The summed E-state index contributed by atoms with van der Waals surface area (Å²) < 4.78 is 1.70. The van der Waals surface area contributed by atoms with E-state index < -0.39 is 4.92 Å². The van der Waals surface area contributed by atoms with Crippen LogP contribution in [0.5, 0.6) is 0 Å². The van der Waals surface area contributed by atoms with E-state index in [2.05, 4.69) is 26.0 Å². The van der Waals surface area contributed by atoms with Gasteiger partial charge in [-0.15, -0.1) is 0 Å². The van der Waals surface area contributed by atoms with Crippen molar-refractivity contribution in [2.75, 3.05) is 0 Å². The summed E-state index contributed by atoms with van der Waals surface area (Å²) in [6.45, 7) is 0. The van der Waals surface area contributed by atoms with E-state index in [1.807, 2.05) is 0 Å². The number of aromatic nitrogens is 3. The Morgan fingerprint density at radius 1 is 1.54 bits per heavy atom. The maximum atomic E-state index is 10.5. The van der Waals surface area contributed by atoms with E-state index >= 15 is 0 Å². The topological polar surface area (TPSA) is 73.3 Å². The first-order valence-electron chi connectivity index (χ1n) is 3.33. The van der Waals surface area contributed by atoms with Crippen molar-refractivity contribution in [3.8, 4) is 0 Å². The molecule has 2 rings (SSSR count). The van der Waals surface area contributed by atoms with Gasteiger partial charge in [0.2, 0.25) is 5.65 Å². The fourth-order valence-corrected chi connectivity index (χ4v) is 1.25. The highest BCUT2D eigenvalue weighted by Crippen LogP contribution is 2.14. The molecule has 2 heterocycles. The molecular formula is C6H3BrN4O2. The van der Waals surface area contributed by atoms with Crippen LogP contribution in [0.4, 0.5) is 5.82 Å². The Labute approximate surface area is 80.5 Å². The van der Waals surface area contributed by atoms with Gasteiger partial charge < -0.3 is 10.1 Å². The van der Waals surface area contributed by atoms with Crippen molar-refractivity contribution in [3.05, 3.63) is 33.0 Å². The van der Waals surface area contributed by atoms with Gasteiger partial charge in [-0.3, -0.25) is 0 Å². The van der Waals surface area contributed by atoms with E-state index in [-0.39, 0.29) is 5.82 Å². The van der Waals surface area contributed by atoms with Gasteiger partial charge in [-0.1, -0.05) is 9.61 Å². The SMILES string of the molecule is O=[N+]([O-])c1cnc2ccc(Br)nn12. The van der Waals surface area contributed by atoms with Gasteiger partial charge in [0.25, 0.3) is 0 Å². The molecule has 6 nitrogen and oxygen atoms in total. The number of nitro groups is 1. The smallest absolute Gasteiger partial charge is 0.358 e. The lowest BCUT2D eigenvalue weighted by Crippen LogP contribution is -1.97. The van der Waals surface area contributed by atoms with Gasteiger partial charge >= 0.3 is 5.82 Å². The first-order chi connectivity index (χ1) is 6.18. The fraction of sp³-hybridized carbons (Fsp3) is 0. The first-order valence-corrected chi connectivity index (χ1v) is 4.12. The van der Waals surface area contributed by atoms with E-state index in [4.69, 9.17) is 0 Å². The Morgan fingerprint density at radius 3 is 3.00 bits per heavy atom. The largest absolute Gasteiger partial charge is 0.368 e. The molecule has 0 N–H and O–H groups in total. The Balaban J connectivity index is 2.79. The number of halogens is 1. The Kier molecular flexibility index (Phi) is 1.73. The maximum Gasteiger partial charge on any atom is 0.368 e. The van der Waals surface area contributed by atoms with Gasteiger partial charge in [0, 0.05) is 6.07 Å². The average Bonchev–Trinajstić information content (AvgIpc) is 2.46. The van der Waals surface area contributed by atoms with Crippen molar-refractivity contribution < 1.29 is 4.92 Å². The van der Waals surface area contributed by atoms with Crippen LogP contribution in [-0.4, -0.2) is 19.5 Å². The van der Waals surface area contributed by atoms with Crippen molar-refractivity contribution in [3.63, 3.8) is 0 Å². The van der Waals surface area contributed by atoms with E-state index in [0.29, 0.717) is 10.3 Å². The molecule has 0 bridgehead atoms. The Morgan fingerprint density at radius 2 is 2.31 bits per heavy atom. The Bertz CT molecular complexity index is 480. The van der Waals surface area contributed by atoms with Crippen molar-refractivity contribution in [1.29, 1.82) is 0 Å². The summed E-state index contributed by atoms with van der Waals surface area (Å²) in [6, 6.07) is 3.32. The molecule has 0 spiro atoms. The van der Waals surface area contributed by atoms with E-state index in [1.165, 1.54) is 10.7 Å². The Hall–Kier alpha value is -1.50. The molecule has 0 amide bonds. The molecule has 0 unspecified atom stereocenters. The van der Waals surface area contributed by atoms with Crippen LogP contribution >= 0.6 is 15.9 Å². The quantitative estimate of drug-likeness (QED) is 0.560. The number of hydrogen-bond donors (Lipinski definition) is 0. The molecule has 2 aromatic rings. The van der Waals surface area contributed by atoms with E-state index in [1.54, 1.807) is 12.1 Å². The van der Waals surface area contributed by atoms with Gasteiger partial charge in [-0.05, 0) is 26.9 Å². The minimum Gasteiger partial charge on any atom is -0.358 e. The lowest BCUT2D eigenvalue weighted by molar-refractivity contribution is -0.391. The summed E-state index contributed by atoms with van der Waals surface area (Å²) >= 11 is 3.12. The van der Waals surface area contributed by atoms with Crippen LogP contribution in [0.25, 0.3) is 5.65 Å². The van der Waals surface area contributed by atoms with Crippen LogP contribution in [0.2, 0.25) is 0 Å². The molecular weight excluding hydrogens is 240 g/mol. The van der Waals surface area contributed by atoms with Crippen LogP contribution < -0.4 is 0 Å². The van der Waals surface area contributed by atoms with Crippen LogP contribution in [0, 0.1) is 10.1 Å². The maximum absolute atomic E-state index is 10.5. The minimum absolute atomic E-state index is 0.142. The average molecular weight is 243 g/mol. The predicted octanol–water partition coefficient (Wildman–Crippen LogP) is 1.40. The summed E-state index contributed by atoms with van der Waals surface area (Å²) in [7, 11) is 0. The monoisotopic (exact) mass is 242 g/mol. The molecule has 7 heteroatoms. The number of hydrogen-bond acceptors (Lipinski definition) is 4. The highest BCUT2D eigenvalue weighted by atomic mass is 79.9. The summed E-state index contributed by atoms with van der Waals surface area (Å²) in [4.78, 5) is 13.8. The molecule has 0 atom stereocenters. The molecule has 0 fully saturated rings. The third-order valence-electron chi connectivity index (χ3n) is 1.50. The molecule has 0 saturated heterocycles. The normalized spacial score (nSPS) is 10.5. The third-order valence-corrected chi connectivity index (χ3v) is 1.92. The molecule has 0 aliphatic carbocycles. The zero-order chi connectivity index (χ0) is 9.42. The molecule has 0 saturated carbocycles. The van der Waals surface area contributed by atoms with E-state index in [0.717, 1.165) is 0 Å². The molecule has 2 aromatic heterocycles. The van der Waals surface area contributed by atoms with Gasteiger partial charge in [0.05, 0.1) is 0 Å². The minimum atomic E-state index is -0.528. The summed E-state index contributed by atoms with van der Waals surface area (Å²) in [5.41, 5.74) is 0.454. The number of nitrogens with zero attached hydrogens (tertiary/aromatic N) is 4. The highest BCUT2D eigenvalue weighted by molar-refractivity contribution is 9.10. The van der Waals surface area contributed by atoms with E-state index in [9.17, 15) is 10.1 Å². The second kappa shape index (κ2) is 2.77. The number of rotatable bonds is 1. The van der Waals surface area contributed by atoms with Gasteiger partial charge in [-0.25, -0.2) is 4.98 Å². The molecule has 0 aliphatic rings. The number of imidazole rings is 1. The lowest BCUT2D eigenvalue weighted by Gasteiger charge is -1.91. The second-order valence-electron chi connectivity index (χ2n) is 2.30. The summed E-state index contributed by atoms with van der Waals surface area (Å²) in [6.07, 6.45) is 1.18. The van der Waals surface area contributed by atoms with Gasteiger partial charge in [-0.2, -0.15) is 0 Å². The summed E-state index contributed by atoms with van der Waals surface area (Å²) in [5.74, 6) is -0.142. The van der Waals surface area contributed by atoms with Crippen molar-refractivity contribution >= 4 is 27.4 Å². The van der Waals surface area contributed by atoms with Crippen molar-refractivity contribution in [2.45, 2.75) is 0 Å². The number of fused-ring (bicyclic) bond motifs is 1. The van der Waals surface area contributed by atoms with Crippen molar-refractivity contribution in [2.24, 2.45) is 0 Å². The first kappa shape index (κ1) is 8.11. The molecule has 0 aromatic carbocycles. The van der Waals surface area contributed by atoms with Gasteiger partial charge in [0.1, 0.15) is 10.8 Å². The van der Waals surface area contributed by atoms with Crippen LogP contribution in [0.15, 0.2) is 22.9 Å². The van der Waals surface area contributed by atoms with Crippen molar-refractivity contribution in [1.82, 2.24) is 14.6 Å². The molecule has 0 aliphatic heterocycles. The summed E-state index contributed by atoms with van der Waals surface area (Å²) in [5, 5.41) is 14.4. The van der Waals surface area contributed by atoms with Crippen LogP contribution in [-0.2, 0) is 0 Å². The zero-order valence-electron chi connectivity index (χ0n) is 6.22. The van der Waals surface area contributed by atoms with Gasteiger partial charge in [0.15, 0.2) is 0 Å². The molecule has 13 heavy (non-hydrogen) atoms. The second-order valence-corrected chi connectivity index (χ2v) is 3.11. The predicted molar refractivity (Wildman–Crippen MR) is 47.3 cm³/mol. The standard InChI is InChI=1S/C6H3BrN4O2/c7-4-1-2-5-8-3-6(11(12)13)10(5)9-4/h1-3H. The van der Waals surface area contributed by atoms with Crippen LogP contribution in [0.1, 0.15) is 0 Å². The fourth-order valence-electron chi connectivity index (χ4n) is 0.963. The molecule has 0 radical (unpaired) electrons. The third kappa shape index (κ3) is 1.26. The molecule has 66 valence electrons. The zero-order valence-corrected chi connectivity index (χ0v) is 7.80. The van der Waals surface area contributed by atoms with Crippen LogP contribution in [0.3, 0.4) is 0 Å². The highest BCUT2D eigenvalue weighted by Gasteiger charge is 2.14. The lowest BCUT2D eigenvalue weighted by atomic mass is 10.6.